The minimum atomic E-state index is -4.71. The van der Waals surface area contributed by atoms with Crippen LogP contribution >= 0.6 is 11.6 Å². The first-order valence-electron chi connectivity index (χ1n) is 11.7. The number of alkyl halides is 3. The lowest BCUT2D eigenvalue weighted by Crippen LogP contribution is -2.43. The van der Waals surface area contributed by atoms with Crippen LogP contribution in [0.3, 0.4) is 0 Å². The summed E-state index contributed by atoms with van der Waals surface area (Å²) in [7, 11) is 1.11. The SMILES string of the molecule is CN(C(=O)[C@@H]1CNC(=O)C1)[C@@H](c1ccc(NC2Cc3ccc(Cl)c(C4CC4)c3C2)cn1)C(F)(F)F. The monoisotopic (exact) mass is 506 g/mol. The number of halogens is 4. The van der Waals surface area contributed by atoms with Gasteiger partial charge in [-0.3, -0.25) is 14.6 Å². The van der Waals surface area contributed by atoms with E-state index >= 15 is 0 Å². The van der Waals surface area contributed by atoms with E-state index in [1.807, 2.05) is 6.07 Å². The minimum Gasteiger partial charge on any atom is -0.380 e. The van der Waals surface area contributed by atoms with Crippen molar-refractivity contribution in [1.82, 2.24) is 15.2 Å². The molecule has 35 heavy (non-hydrogen) atoms. The number of nitrogens with one attached hydrogen (secondary N) is 2. The number of carbonyl (C=O) groups excluding carboxylic acids is 2. The Morgan fingerprint density at radius 2 is 1.97 bits per heavy atom. The lowest BCUT2D eigenvalue weighted by molar-refractivity contribution is -0.191. The molecular weight excluding hydrogens is 481 g/mol. The first kappa shape index (κ1) is 23.9. The number of fused-ring (bicyclic) bond motifs is 1. The number of benzene rings is 1. The maximum absolute atomic E-state index is 14.0. The number of nitrogens with zero attached hydrogens (tertiary/aromatic N) is 2. The van der Waals surface area contributed by atoms with Crippen LogP contribution in [0.5, 0.6) is 0 Å². The number of hydrogen-bond acceptors (Lipinski definition) is 4. The summed E-state index contributed by atoms with van der Waals surface area (Å²) >= 11 is 6.46. The molecule has 3 atom stereocenters. The number of anilines is 1. The largest absolute Gasteiger partial charge is 0.414 e. The van der Waals surface area contributed by atoms with Crippen molar-refractivity contribution in [2.24, 2.45) is 5.92 Å². The summed E-state index contributed by atoms with van der Waals surface area (Å²) in [5.74, 6) is -1.34. The average molecular weight is 507 g/mol. The van der Waals surface area contributed by atoms with Gasteiger partial charge in [0.05, 0.1) is 23.5 Å². The molecule has 1 unspecified atom stereocenters. The van der Waals surface area contributed by atoms with E-state index in [2.05, 4.69) is 21.7 Å². The average Bonchev–Trinajstić information content (AvgIpc) is 3.40. The van der Waals surface area contributed by atoms with Crippen molar-refractivity contribution in [1.29, 1.82) is 0 Å². The summed E-state index contributed by atoms with van der Waals surface area (Å²) in [6, 6.07) is 4.79. The predicted molar refractivity (Wildman–Crippen MR) is 125 cm³/mol. The van der Waals surface area contributed by atoms with E-state index in [0.29, 0.717) is 16.5 Å². The van der Waals surface area contributed by atoms with E-state index in [0.717, 1.165) is 37.8 Å². The molecule has 3 aliphatic rings. The molecule has 2 aliphatic carbocycles. The fourth-order valence-corrected chi connectivity index (χ4v) is 5.61. The Bertz CT molecular complexity index is 1150. The van der Waals surface area contributed by atoms with Crippen LogP contribution in [0.25, 0.3) is 0 Å². The number of pyridine rings is 1. The third-order valence-corrected chi connectivity index (χ3v) is 7.44. The highest BCUT2D eigenvalue weighted by Crippen LogP contribution is 2.47. The van der Waals surface area contributed by atoms with Crippen molar-refractivity contribution in [3.8, 4) is 0 Å². The van der Waals surface area contributed by atoms with Gasteiger partial charge < -0.3 is 15.5 Å². The van der Waals surface area contributed by atoms with Crippen LogP contribution in [0.2, 0.25) is 5.02 Å². The zero-order valence-corrected chi connectivity index (χ0v) is 19.9. The van der Waals surface area contributed by atoms with E-state index in [4.69, 9.17) is 11.6 Å². The van der Waals surface area contributed by atoms with Gasteiger partial charge in [0.15, 0.2) is 6.04 Å². The van der Waals surface area contributed by atoms with Crippen LogP contribution in [-0.4, -0.2) is 47.5 Å². The van der Waals surface area contributed by atoms with Gasteiger partial charge in [-0.1, -0.05) is 17.7 Å². The van der Waals surface area contributed by atoms with Gasteiger partial charge in [-0.2, -0.15) is 13.2 Å². The van der Waals surface area contributed by atoms with Gasteiger partial charge in [-0.15, -0.1) is 0 Å². The topological polar surface area (TPSA) is 74.3 Å². The lowest BCUT2D eigenvalue weighted by Gasteiger charge is -2.31. The molecule has 2 aromatic rings. The second-order valence-corrected chi connectivity index (χ2v) is 10.1. The third-order valence-electron chi connectivity index (χ3n) is 7.11. The molecule has 2 fully saturated rings. The molecule has 2 amide bonds. The summed E-state index contributed by atoms with van der Waals surface area (Å²) in [5.41, 5.74) is 4.15. The van der Waals surface area contributed by atoms with Crippen molar-refractivity contribution in [3.05, 3.63) is 57.9 Å². The lowest BCUT2D eigenvalue weighted by atomic mass is 9.99. The molecule has 1 aromatic heterocycles. The van der Waals surface area contributed by atoms with Crippen LogP contribution in [-0.2, 0) is 22.4 Å². The molecule has 1 aromatic carbocycles. The zero-order valence-electron chi connectivity index (χ0n) is 19.2. The summed E-state index contributed by atoms with van der Waals surface area (Å²) in [5, 5.41) is 6.69. The van der Waals surface area contributed by atoms with Gasteiger partial charge in [0.2, 0.25) is 11.8 Å². The molecule has 2 N–H and O–H groups in total. The summed E-state index contributed by atoms with van der Waals surface area (Å²) in [6.45, 7) is 0.0420. The molecule has 1 aliphatic heterocycles. The normalized spacial score (nSPS) is 22.5. The van der Waals surface area contributed by atoms with Crippen molar-refractivity contribution in [2.45, 2.75) is 56.3 Å². The van der Waals surface area contributed by atoms with Crippen molar-refractivity contribution in [3.63, 3.8) is 0 Å². The van der Waals surface area contributed by atoms with Crippen LogP contribution in [0.15, 0.2) is 30.5 Å². The quantitative estimate of drug-likeness (QED) is 0.609. The van der Waals surface area contributed by atoms with Gasteiger partial charge in [0, 0.05) is 31.1 Å². The molecule has 2 heterocycles. The number of rotatable bonds is 6. The molecule has 6 nitrogen and oxygen atoms in total. The van der Waals surface area contributed by atoms with Crippen molar-refractivity contribution < 1.29 is 22.8 Å². The number of hydrogen-bond donors (Lipinski definition) is 2. The van der Waals surface area contributed by atoms with Crippen LogP contribution in [0, 0.1) is 5.92 Å². The fourth-order valence-electron chi connectivity index (χ4n) is 5.28. The molecule has 1 saturated carbocycles. The van der Waals surface area contributed by atoms with Crippen LogP contribution in [0.4, 0.5) is 18.9 Å². The molecule has 0 radical (unpaired) electrons. The summed E-state index contributed by atoms with van der Waals surface area (Å²) in [4.78, 5) is 28.8. The second-order valence-electron chi connectivity index (χ2n) is 9.69. The van der Waals surface area contributed by atoms with E-state index < -0.39 is 24.0 Å². The van der Waals surface area contributed by atoms with Gasteiger partial charge >= 0.3 is 6.18 Å². The summed E-state index contributed by atoms with van der Waals surface area (Å²) < 4.78 is 41.9. The van der Waals surface area contributed by atoms with Crippen molar-refractivity contribution >= 4 is 29.1 Å². The Balaban J connectivity index is 1.29. The van der Waals surface area contributed by atoms with Crippen LogP contribution in [0.1, 0.15) is 53.6 Å². The standard InChI is InChI=1S/C25H26ClF3N4O2/c1-33(24(35)15-9-21(34)31-11-15)23(25(27,28)29)20-7-5-16(12-30-20)32-17-8-14-4-6-19(26)22(13-2-3-13)18(14)10-17/h4-7,12-13,15,17,23,32H,2-3,8-11H2,1H3,(H,31,34)/t15-,17?,23-/m0/s1. The molecule has 1 saturated heterocycles. The van der Waals surface area contributed by atoms with E-state index in [9.17, 15) is 22.8 Å². The zero-order chi connectivity index (χ0) is 24.9. The van der Waals surface area contributed by atoms with E-state index in [-0.39, 0.29) is 30.6 Å². The first-order valence-corrected chi connectivity index (χ1v) is 12.1. The number of amides is 2. The fraction of sp³-hybridized carbons (Fsp3) is 0.480. The van der Waals surface area contributed by atoms with Gasteiger partial charge in [-0.05, 0) is 66.5 Å². The molecule has 0 spiro atoms. The minimum absolute atomic E-state index is 0.0420. The number of carbonyl (C=O) groups is 2. The summed E-state index contributed by atoms with van der Waals surface area (Å²) in [6.07, 6.45) is 0.486. The maximum Gasteiger partial charge on any atom is 0.414 e. The highest BCUT2D eigenvalue weighted by molar-refractivity contribution is 6.31. The Morgan fingerprint density at radius 1 is 1.20 bits per heavy atom. The second kappa shape index (κ2) is 9.00. The smallest absolute Gasteiger partial charge is 0.380 e. The first-order chi connectivity index (χ1) is 16.6. The van der Waals surface area contributed by atoms with Gasteiger partial charge in [0.1, 0.15) is 0 Å². The highest BCUT2D eigenvalue weighted by atomic mass is 35.5. The Hall–Kier alpha value is -2.81. The molecule has 0 bridgehead atoms. The highest BCUT2D eigenvalue weighted by Gasteiger charge is 2.47. The van der Waals surface area contributed by atoms with Crippen LogP contribution < -0.4 is 10.6 Å². The van der Waals surface area contributed by atoms with E-state index in [1.165, 1.54) is 29.0 Å². The molecule has 10 heteroatoms. The molecule has 5 rings (SSSR count). The molecule has 186 valence electrons. The number of aromatic nitrogens is 1. The predicted octanol–water partition coefficient (Wildman–Crippen LogP) is 4.39. The maximum atomic E-state index is 14.0. The third kappa shape index (κ3) is 4.83. The van der Waals surface area contributed by atoms with Gasteiger partial charge in [-0.25, -0.2) is 0 Å². The Kier molecular flexibility index (Phi) is 6.15. The molecular formula is C25H26ClF3N4O2. The van der Waals surface area contributed by atoms with Gasteiger partial charge in [0.25, 0.3) is 0 Å². The Morgan fingerprint density at radius 3 is 2.57 bits per heavy atom. The van der Waals surface area contributed by atoms with Crippen molar-refractivity contribution in [2.75, 3.05) is 18.9 Å². The Labute approximate surface area is 206 Å². The van der Waals surface area contributed by atoms with E-state index in [1.54, 1.807) is 6.07 Å².